The summed E-state index contributed by atoms with van der Waals surface area (Å²) in [5.74, 6) is 0.308. The Labute approximate surface area is 116 Å². The molecule has 0 aliphatic carbocycles. The van der Waals surface area contributed by atoms with Crippen molar-refractivity contribution in [2.75, 3.05) is 0 Å². The van der Waals surface area contributed by atoms with Crippen molar-refractivity contribution in [1.29, 1.82) is 0 Å². The van der Waals surface area contributed by atoms with Crippen LogP contribution < -0.4 is 0 Å². The fraction of sp³-hybridized carbons (Fsp3) is 0.588. The molecule has 1 aromatic carbocycles. The molecule has 1 nitrogen and oxygen atoms in total. The Morgan fingerprint density at radius 2 is 1.95 bits per heavy atom. The molecule has 0 heterocycles. The second-order valence-corrected chi connectivity index (χ2v) is 6.86. The number of rotatable bonds is 5. The molecule has 0 radical (unpaired) electrons. The van der Waals surface area contributed by atoms with E-state index in [0.717, 1.165) is 17.5 Å². The number of ketones is 1. The molecule has 0 saturated heterocycles. The van der Waals surface area contributed by atoms with Crippen molar-refractivity contribution in [2.24, 2.45) is 11.3 Å². The number of carbonyl (C=O) groups is 1. The molecule has 19 heavy (non-hydrogen) atoms. The van der Waals surface area contributed by atoms with Gasteiger partial charge in [0.25, 0.3) is 0 Å². The van der Waals surface area contributed by atoms with Gasteiger partial charge in [0.15, 0.2) is 0 Å². The molecule has 2 heteroatoms. The summed E-state index contributed by atoms with van der Waals surface area (Å²) in [6, 6.07) is 4.64. The zero-order chi connectivity index (χ0) is 14.6. The zero-order valence-electron chi connectivity index (χ0n) is 12.7. The highest BCUT2D eigenvalue weighted by molar-refractivity contribution is 5.81. The normalized spacial score (nSPS) is 13.4. The van der Waals surface area contributed by atoms with E-state index in [0.29, 0.717) is 18.8 Å². The van der Waals surface area contributed by atoms with E-state index in [9.17, 15) is 9.18 Å². The maximum atomic E-state index is 13.2. The summed E-state index contributed by atoms with van der Waals surface area (Å²) in [5.41, 5.74) is 2.04. The maximum absolute atomic E-state index is 13.2. The second-order valence-electron chi connectivity index (χ2n) is 6.86. The van der Waals surface area contributed by atoms with Gasteiger partial charge in [0.05, 0.1) is 0 Å². The first-order valence-electron chi connectivity index (χ1n) is 6.94. The van der Waals surface area contributed by atoms with Crippen LogP contribution in [0.2, 0.25) is 0 Å². The van der Waals surface area contributed by atoms with Gasteiger partial charge in [0, 0.05) is 12.8 Å². The Balaban J connectivity index is 2.58. The molecule has 1 aromatic rings. The molecule has 1 atom stereocenters. The van der Waals surface area contributed by atoms with Crippen molar-refractivity contribution in [3.63, 3.8) is 0 Å². The summed E-state index contributed by atoms with van der Waals surface area (Å²) in [5, 5.41) is 0. The first kappa shape index (κ1) is 15.9. The second kappa shape index (κ2) is 6.31. The van der Waals surface area contributed by atoms with Gasteiger partial charge >= 0.3 is 0 Å². The van der Waals surface area contributed by atoms with Crippen LogP contribution in [0.25, 0.3) is 0 Å². The van der Waals surface area contributed by atoms with E-state index in [1.807, 2.05) is 6.92 Å². The van der Waals surface area contributed by atoms with Crippen LogP contribution in [-0.2, 0) is 11.2 Å². The fourth-order valence-electron chi connectivity index (χ4n) is 2.62. The van der Waals surface area contributed by atoms with E-state index in [2.05, 4.69) is 27.7 Å². The van der Waals surface area contributed by atoms with Gasteiger partial charge in [0.1, 0.15) is 11.6 Å². The van der Waals surface area contributed by atoms with Crippen molar-refractivity contribution in [1.82, 2.24) is 0 Å². The van der Waals surface area contributed by atoms with Crippen LogP contribution in [0.1, 0.15) is 51.7 Å². The molecule has 0 aliphatic rings. The van der Waals surface area contributed by atoms with Crippen LogP contribution in [0, 0.1) is 24.1 Å². The average Bonchev–Trinajstić information content (AvgIpc) is 2.20. The highest BCUT2D eigenvalue weighted by Crippen LogP contribution is 2.26. The minimum Gasteiger partial charge on any atom is -0.299 e. The zero-order valence-corrected chi connectivity index (χ0v) is 12.7. The molecule has 0 saturated carbocycles. The van der Waals surface area contributed by atoms with E-state index >= 15 is 0 Å². The van der Waals surface area contributed by atoms with Gasteiger partial charge in [-0.1, -0.05) is 33.8 Å². The summed E-state index contributed by atoms with van der Waals surface area (Å²) in [6.45, 7) is 10.6. The molecular formula is C17H25FO. The van der Waals surface area contributed by atoms with Gasteiger partial charge < -0.3 is 0 Å². The van der Waals surface area contributed by atoms with Crippen molar-refractivity contribution >= 4 is 5.78 Å². The van der Waals surface area contributed by atoms with Crippen LogP contribution in [0.4, 0.5) is 4.39 Å². The van der Waals surface area contributed by atoms with Gasteiger partial charge in [-0.25, -0.2) is 4.39 Å². The lowest BCUT2D eigenvalue weighted by Gasteiger charge is -2.22. The number of hydrogen-bond acceptors (Lipinski definition) is 1. The van der Waals surface area contributed by atoms with Crippen molar-refractivity contribution < 1.29 is 9.18 Å². The summed E-state index contributed by atoms with van der Waals surface area (Å²) in [4.78, 5) is 12.0. The largest absolute Gasteiger partial charge is 0.299 e. The Morgan fingerprint density at radius 3 is 2.53 bits per heavy atom. The molecular weight excluding hydrogens is 239 g/mol. The maximum Gasteiger partial charge on any atom is 0.137 e. The average molecular weight is 264 g/mol. The Bertz CT molecular complexity index is 443. The SMILES string of the molecule is Cc1ccc(F)cc1CC(=O)CC(C)CC(C)(C)C. The van der Waals surface area contributed by atoms with E-state index in [1.54, 1.807) is 6.07 Å². The number of halogens is 1. The third-order valence-electron chi connectivity index (χ3n) is 3.24. The monoisotopic (exact) mass is 264 g/mol. The fourth-order valence-corrected chi connectivity index (χ4v) is 2.62. The number of carbonyl (C=O) groups excluding carboxylic acids is 1. The molecule has 0 fully saturated rings. The topological polar surface area (TPSA) is 17.1 Å². The molecule has 1 rings (SSSR count). The highest BCUT2D eigenvalue weighted by atomic mass is 19.1. The quantitative estimate of drug-likeness (QED) is 0.753. The van der Waals surface area contributed by atoms with Crippen LogP contribution in [0.5, 0.6) is 0 Å². The van der Waals surface area contributed by atoms with Gasteiger partial charge in [-0.05, 0) is 47.9 Å². The van der Waals surface area contributed by atoms with Crippen LogP contribution in [-0.4, -0.2) is 5.78 Å². The van der Waals surface area contributed by atoms with E-state index in [4.69, 9.17) is 0 Å². The van der Waals surface area contributed by atoms with E-state index < -0.39 is 0 Å². The number of Topliss-reactive ketones (excluding diaryl/α,β-unsaturated/α-hetero) is 1. The minimum atomic E-state index is -0.267. The number of aryl methyl sites for hydroxylation is 1. The summed E-state index contributed by atoms with van der Waals surface area (Å²) in [7, 11) is 0. The van der Waals surface area contributed by atoms with E-state index in [1.165, 1.54) is 12.1 Å². The smallest absolute Gasteiger partial charge is 0.137 e. The predicted octanol–water partition coefficient (Wildman–Crippen LogP) is 4.71. The third kappa shape index (κ3) is 6.00. The Morgan fingerprint density at radius 1 is 1.32 bits per heavy atom. The highest BCUT2D eigenvalue weighted by Gasteiger charge is 2.18. The van der Waals surface area contributed by atoms with Gasteiger partial charge in [0.2, 0.25) is 0 Å². The first-order valence-corrected chi connectivity index (χ1v) is 6.94. The molecule has 0 amide bonds. The van der Waals surface area contributed by atoms with Gasteiger partial charge in [-0.15, -0.1) is 0 Å². The molecule has 0 aromatic heterocycles. The van der Waals surface area contributed by atoms with Crippen LogP contribution in [0.3, 0.4) is 0 Å². The van der Waals surface area contributed by atoms with Crippen molar-refractivity contribution in [3.8, 4) is 0 Å². The lowest BCUT2D eigenvalue weighted by Crippen LogP contribution is -2.15. The lowest BCUT2D eigenvalue weighted by molar-refractivity contribution is -0.119. The summed E-state index contributed by atoms with van der Waals surface area (Å²) in [6.07, 6.45) is 1.95. The molecule has 0 spiro atoms. The number of benzene rings is 1. The van der Waals surface area contributed by atoms with Gasteiger partial charge in [-0.2, -0.15) is 0 Å². The summed E-state index contributed by atoms with van der Waals surface area (Å²) < 4.78 is 13.2. The van der Waals surface area contributed by atoms with Crippen LogP contribution in [0.15, 0.2) is 18.2 Å². The minimum absolute atomic E-state index is 0.199. The Kier molecular flexibility index (Phi) is 5.28. The van der Waals surface area contributed by atoms with Crippen LogP contribution >= 0.6 is 0 Å². The molecule has 1 unspecified atom stereocenters. The Hall–Kier alpha value is -1.18. The standard InChI is InChI=1S/C17H25FO/c1-12(11-17(3,4)5)8-16(19)10-14-9-15(18)7-6-13(14)2/h6-7,9,12H,8,10-11H2,1-5H3. The van der Waals surface area contributed by atoms with Gasteiger partial charge in [-0.3, -0.25) is 4.79 Å². The summed E-state index contributed by atoms with van der Waals surface area (Å²) >= 11 is 0. The molecule has 0 bridgehead atoms. The molecule has 106 valence electrons. The predicted molar refractivity (Wildman–Crippen MR) is 77.7 cm³/mol. The molecule has 0 N–H and O–H groups in total. The van der Waals surface area contributed by atoms with Crippen molar-refractivity contribution in [2.45, 2.75) is 53.9 Å². The third-order valence-corrected chi connectivity index (χ3v) is 3.24. The van der Waals surface area contributed by atoms with E-state index in [-0.39, 0.29) is 17.0 Å². The first-order chi connectivity index (χ1) is 8.67. The molecule has 0 aliphatic heterocycles. The number of hydrogen-bond donors (Lipinski definition) is 0. The van der Waals surface area contributed by atoms with Crippen molar-refractivity contribution in [3.05, 3.63) is 35.1 Å². The lowest BCUT2D eigenvalue weighted by atomic mass is 9.83.